The van der Waals surface area contributed by atoms with Crippen molar-refractivity contribution < 1.29 is 52.5 Å². The molecule has 0 aliphatic heterocycles. The lowest BCUT2D eigenvalue weighted by atomic mass is 10.1. The molecule has 0 bridgehead atoms. The molecule has 0 saturated heterocycles. The molecule has 0 saturated carbocycles. The van der Waals surface area contributed by atoms with Gasteiger partial charge in [-0.2, -0.15) is 0 Å². The van der Waals surface area contributed by atoms with E-state index in [-0.39, 0.29) is 17.2 Å². The van der Waals surface area contributed by atoms with E-state index in [0.717, 1.165) is 51.0 Å². The van der Waals surface area contributed by atoms with Gasteiger partial charge < -0.3 is 29.0 Å². The molecule has 13 heteroatoms. The van der Waals surface area contributed by atoms with Gasteiger partial charge in [0.2, 0.25) is 6.10 Å². The minimum Gasteiger partial charge on any atom is -0.462 e. The van der Waals surface area contributed by atoms with E-state index >= 15 is 0 Å². The van der Waals surface area contributed by atoms with Crippen LogP contribution in [-0.2, 0) is 60.5 Å². The van der Waals surface area contributed by atoms with Crippen molar-refractivity contribution in [2.24, 2.45) is 0 Å². The number of fused-ring (bicyclic) bond motifs is 1. The van der Waals surface area contributed by atoms with Crippen LogP contribution in [0.2, 0.25) is 0 Å². The molecule has 1 aromatic heterocycles. The van der Waals surface area contributed by atoms with Gasteiger partial charge in [-0.3, -0.25) is 24.0 Å². The fourth-order valence-corrected chi connectivity index (χ4v) is 4.96. The summed E-state index contributed by atoms with van der Waals surface area (Å²) in [5, 5.41) is 2.76. The third-order valence-electron chi connectivity index (χ3n) is 4.92. The summed E-state index contributed by atoms with van der Waals surface area (Å²) in [7, 11) is 0. The first-order chi connectivity index (χ1) is 16.9. The minimum atomic E-state index is -1.82. The number of hydrogen-bond donors (Lipinski definition) is 1. The Morgan fingerprint density at radius 2 is 1.50 bits per heavy atom. The summed E-state index contributed by atoms with van der Waals surface area (Å²) in [4.78, 5) is 73.7. The number of carbonyl (C=O) groups excluding carboxylic acids is 6. The predicted octanol–water partition coefficient (Wildman–Crippen LogP) is 1.71. The summed E-state index contributed by atoms with van der Waals surface area (Å²) in [5.74, 6) is -4.91. The zero-order valence-corrected chi connectivity index (χ0v) is 21.5. The van der Waals surface area contributed by atoms with Gasteiger partial charge in [0.1, 0.15) is 11.6 Å². The molecule has 36 heavy (non-hydrogen) atoms. The number of anilines is 1. The third kappa shape index (κ3) is 7.77. The maximum absolute atomic E-state index is 13.4. The highest BCUT2D eigenvalue weighted by Gasteiger charge is 2.43. The quantitative estimate of drug-likeness (QED) is 0.329. The molecule has 0 aromatic carbocycles. The molecule has 2 rings (SSSR count). The molecule has 0 unspecified atom stereocenters. The van der Waals surface area contributed by atoms with Gasteiger partial charge in [-0.1, -0.05) is 0 Å². The van der Waals surface area contributed by atoms with Gasteiger partial charge in [0.25, 0.3) is 5.91 Å². The largest absolute Gasteiger partial charge is 0.462 e. The Balaban J connectivity index is 2.46. The van der Waals surface area contributed by atoms with Crippen LogP contribution in [-0.4, -0.2) is 67.3 Å². The number of nitrogens with one attached hydrogen (secondary N) is 1. The SMILES string of the molecule is CCOC(=O)c1c(NC(=O)[C@H](OC(C)=O)[C@H](OC(C)=O)[C@@H](COC(C)=O)OC(C)=O)sc2c1CCC2. The Morgan fingerprint density at radius 1 is 0.861 bits per heavy atom. The van der Waals surface area contributed by atoms with E-state index in [1.807, 2.05) is 0 Å². The molecule has 1 aliphatic carbocycles. The van der Waals surface area contributed by atoms with E-state index in [2.05, 4.69) is 5.32 Å². The van der Waals surface area contributed by atoms with Crippen LogP contribution in [0.1, 0.15) is 61.8 Å². The maximum atomic E-state index is 13.4. The molecule has 1 aliphatic rings. The van der Waals surface area contributed by atoms with Crippen LogP contribution < -0.4 is 5.32 Å². The first-order valence-electron chi connectivity index (χ1n) is 11.2. The van der Waals surface area contributed by atoms with E-state index in [1.54, 1.807) is 6.92 Å². The van der Waals surface area contributed by atoms with Crippen molar-refractivity contribution in [3.63, 3.8) is 0 Å². The number of ether oxygens (including phenoxy) is 5. The van der Waals surface area contributed by atoms with Gasteiger partial charge in [0.05, 0.1) is 12.2 Å². The van der Waals surface area contributed by atoms with Crippen LogP contribution in [0, 0.1) is 0 Å². The Kier molecular flexibility index (Phi) is 10.4. The highest BCUT2D eigenvalue weighted by molar-refractivity contribution is 7.17. The summed E-state index contributed by atoms with van der Waals surface area (Å²) in [6.45, 7) is 5.43. The average molecular weight is 528 g/mol. The van der Waals surface area contributed by atoms with Crippen molar-refractivity contribution in [3.05, 3.63) is 16.0 Å². The van der Waals surface area contributed by atoms with Crippen LogP contribution in [0.15, 0.2) is 0 Å². The summed E-state index contributed by atoms with van der Waals surface area (Å²) < 4.78 is 25.6. The van der Waals surface area contributed by atoms with E-state index in [1.165, 1.54) is 11.3 Å². The highest BCUT2D eigenvalue weighted by Crippen LogP contribution is 2.39. The normalized spacial score (nSPS) is 14.5. The van der Waals surface area contributed by atoms with Gasteiger partial charge >= 0.3 is 29.8 Å². The van der Waals surface area contributed by atoms with E-state index in [4.69, 9.17) is 23.7 Å². The standard InChI is InChI=1S/C23H29NO11S/c1-6-31-23(30)18-15-8-7-9-17(15)36-22(18)24-21(29)20(35-14(5)28)19(34-13(4)27)16(33-12(3)26)10-32-11(2)25/h16,19-20H,6-10H2,1-5H3,(H,24,29)/t16-,19-,20-/m1/s1. The molecule has 1 amide bonds. The maximum Gasteiger partial charge on any atom is 0.341 e. The van der Waals surface area contributed by atoms with Crippen molar-refractivity contribution >= 4 is 52.1 Å². The van der Waals surface area contributed by atoms with Crippen molar-refractivity contribution in [1.82, 2.24) is 0 Å². The Hall–Kier alpha value is -3.48. The van der Waals surface area contributed by atoms with Crippen LogP contribution in [0.5, 0.6) is 0 Å². The number of rotatable bonds is 11. The van der Waals surface area contributed by atoms with Gasteiger partial charge in [-0.15, -0.1) is 11.3 Å². The molecule has 1 aromatic rings. The minimum absolute atomic E-state index is 0.127. The fraction of sp³-hybridized carbons (Fsp3) is 0.565. The van der Waals surface area contributed by atoms with E-state index < -0.39 is 60.7 Å². The number of thiophene rings is 1. The fourth-order valence-electron chi connectivity index (χ4n) is 3.68. The molecular weight excluding hydrogens is 498 g/mol. The van der Waals surface area contributed by atoms with Crippen molar-refractivity contribution in [2.75, 3.05) is 18.5 Å². The monoisotopic (exact) mass is 527 g/mol. The lowest BCUT2D eigenvalue weighted by Gasteiger charge is -2.30. The second kappa shape index (κ2) is 13.0. The molecule has 1 heterocycles. The third-order valence-corrected chi connectivity index (χ3v) is 6.13. The molecule has 198 valence electrons. The molecule has 3 atom stereocenters. The molecule has 0 fully saturated rings. The number of aryl methyl sites for hydroxylation is 1. The predicted molar refractivity (Wildman–Crippen MR) is 124 cm³/mol. The van der Waals surface area contributed by atoms with Crippen LogP contribution in [0.4, 0.5) is 5.00 Å². The molecule has 0 radical (unpaired) electrons. The van der Waals surface area contributed by atoms with Gasteiger partial charge in [-0.05, 0) is 31.7 Å². The van der Waals surface area contributed by atoms with Crippen molar-refractivity contribution in [2.45, 2.75) is 72.2 Å². The first-order valence-corrected chi connectivity index (χ1v) is 12.0. The summed E-state index contributed by atoms with van der Waals surface area (Å²) in [6, 6.07) is 0. The topological polar surface area (TPSA) is 161 Å². The first kappa shape index (κ1) is 28.8. The van der Waals surface area contributed by atoms with Crippen LogP contribution in [0.3, 0.4) is 0 Å². The zero-order valence-electron chi connectivity index (χ0n) is 20.7. The highest BCUT2D eigenvalue weighted by atomic mass is 32.1. The lowest BCUT2D eigenvalue weighted by molar-refractivity contribution is -0.190. The second-order valence-electron chi connectivity index (χ2n) is 7.83. The number of hydrogen-bond acceptors (Lipinski definition) is 12. The van der Waals surface area contributed by atoms with Crippen LogP contribution >= 0.6 is 11.3 Å². The molecule has 0 spiro atoms. The van der Waals surface area contributed by atoms with Gasteiger partial charge in [0.15, 0.2) is 12.2 Å². The molecular formula is C23H29NO11S. The van der Waals surface area contributed by atoms with Crippen molar-refractivity contribution in [3.8, 4) is 0 Å². The molecule has 1 N–H and O–H groups in total. The summed E-state index contributed by atoms with van der Waals surface area (Å²) >= 11 is 1.19. The van der Waals surface area contributed by atoms with Crippen molar-refractivity contribution in [1.29, 1.82) is 0 Å². The second-order valence-corrected chi connectivity index (χ2v) is 8.93. The Morgan fingerprint density at radius 3 is 2.06 bits per heavy atom. The number of carbonyl (C=O) groups is 6. The number of amides is 1. The Labute approximate surface area is 211 Å². The zero-order chi connectivity index (χ0) is 27.0. The lowest BCUT2D eigenvalue weighted by Crippen LogP contribution is -2.52. The van der Waals surface area contributed by atoms with Gasteiger partial charge in [0, 0.05) is 32.6 Å². The number of esters is 5. The van der Waals surface area contributed by atoms with E-state index in [9.17, 15) is 28.8 Å². The average Bonchev–Trinajstić information content (AvgIpc) is 3.33. The molecule has 12 nitrogen and oxygen atoms in total. The summed E-state index contributed by atoms with van der Waals surface area (Å²) in [5.41, 5.74) is 0.992. The van der Waals surface area contributed by atoms with Gasteiger partial charge in [-0.25, -0.2) is 4.79 Å². The smallest absolute Gasteiger partial charge is 0.341 e. The summed E-state index contributed by atoms with van der Waals surface area (Å²) in [6.07, 6.45) is -2.76. The van der Waals surface area contributed by atoms with E-state index in [0.29, 0.717) is 6.42 Å². The Bertz CT molecular complexity index is 1030. The van der Waals surface area contributed by atoms with Crippen LogP contribution in [0.25, 0.3) is 0 Å².